The summed E-state index contributed by atoms with van der Waals surface area (Å²) >= 11 is 0. The van der Waals surface area contributed by atoms with Gasteiger partial charge in [-0.05, 0) is 25.2 Å². The van der Waals surface area contributed by atoms with Gasteiger partial charge in [-0.15, -0.1) is 0 Å². The number of aliphatic hydroxyl groups is 1. The predicted octanol–water partition coefficient (Wildman–Crippen LogP) is 2.56. The number of aliphatic hydroxyl groups excluding tert-OH is 1. The highest BCUT2D eigenvalue weighted by molar-refractivity contribution is 4.77. The highest BCUT2D eigenvalue weighted by Gasteiger charge is 2.28. The maximum absolute atomic E-state index is 12.8. The number of hydrogen-bond acceptors (Lipinski definition) is 2. The minimum atomic E-state index is -2.98. The molecule has 2 unspecified atom stereocenters. The minimum Gasteiger partial charge on any atom is -0.390 e. The van der Waals surface area contributed by atoms with Crippen LogP contribution in [0.25, 0.3) is 0 Å². The lowest BCUT2D eigenvalue weighted by atomic mass is 9.98. The van der Waals surface area contributed by atoms with Gasteiger partial charge in [0.15, 0.2) is 0 Å². The van der Waals surface area contributed by atoms with Crippen LogP contribution in [-0.4, -0.2) is 30.2 Å². The van der Waals surface area contributed by atoms with Crippen molar-refractivity contribution in [1.82, 2.24) is 5.32 Å². The molecule has 16 heavy (non-hydrogen) atoms. The van der Waals surface area contributed by atoms with Gasteiger partial charge < -0.3 is 10.4 Å². The average Bonchev–Trinajstić information content (AvgIpc) is 2.51. The molecule has 1 aliphatic carbocycles. The van der Waals surface area contributed by atoms with Gasteiger partial charge in [-0.25, -0.2) is 8.78 Å². The van der Waals surface area contributed by atoms with Gasteiger partial charge in [-0.1, -0.05) is 26.2 Å². The second-order valence-corrected chi connectivity index (χ2v) is 4.87. The number of halogens is 2. The van der Waals surface area contributed by atoms with E-state index in [2.05, 4.69) is 12.2 Å². The van der Waals surface area contributed by atoms with Gasteiger partial charge in [0.25, 0.3) is 5.92 Å². The Kier molecular flexibility index (Phi) is 5.62. The molecule has 0 spiro atoms. The van der Waals surface area contributed by atoms with E-state index >= 15 is 0 Å². The standard InChI is InChI=1S/C12H23F2NO/c1-2-10-4-3-5-11(7-6-10)15-8-12(13,14)9-16/h10-11,15-16H,2-9H2,1H3. The molecular formula is C12H23F2NO. The molecule has 0 aliphatic heterocycles. The lowest BCUT2D eigenvalue weighted by Gasteiger charge is -2.20. The highest BCUT2D eigenvalue weighted by atomic mass is 19.3. The molecule has 0 heterocycles. The molecule has 96 valence electrons. The molecule has 1 rings (SSSR count). The van der Waals surface area contributed by atoms with Crippen molar-refractivity contribution in [2.45, 2.75) is 57.4 Å². The van der Waals surface area contributed by atoms with Gasteiger partial charge in [0, 0.05) is 6.04 Å². The van der Waals surface area contributed by atoms with Crippen LogP contribution in [0, 0.1) is 5.92 Å². The Bertz CT molecular complexity index is 199. The summed E-state index contributed by atoms with van der Waals surface area (Å²) in [4.78, 5) is 0. The maximum Gasteiger partial charge on any atom is 0.282 e. The first kappa shape index (κ1) is 13.8. The minimum absolute atomic E-state index is 0.203. The van der Waals surface area contributed by atoms with Crippen LogP contribution in [0.15, 0.2) is 0 Å². The van der Waals surface area contributed by atoms with Crippen LogP contribution < -0.4 is 5.32 Å². The van der Waals surface area contributed by atoms with Crippen LogP contribution in [0.3, 0.4) is 0 Å². The third-order valence-electron chi connectivity index (χ3n) is 3.55. The summed E-state index contributed by atoms with van der Waals surface area (Å²) in [6, 6.07) is 0.203. The number of alkyl halides is 2. The molecule has 0 aromatic carbocycles. The maximum atomic E-state index is 12.8. The smallest absolute Gasteiger partial charge is 0.282 e. The Labute approximate surface area is 96.4 Å². The lowest BCUT2D eigenvalue weighted by Crippen LogP contribution is -2.41. The second kappa shape index (κ2) is 6.50. The van der Waals surface area contributed by atoms with E-state index in [9.17, 15) is 8.78 Å². The molecule has 2 atom stereocenters. The van der Waals surface area contributed by atoms with Crippen LogP contribution in [0.1, 0.15) is 45.4 Å². The average molecular weight is 235 g/mol. The van der Waals surface area contributed by atoms with E-state index < -0.39 is 19.1 Å². The molecule has 1 fully saturated rings. The molecule has 0 saturated heterocycles. The first-order valence-corrected chi connectivity index (χ1v) is 6.29. The highest BCUT2D eigenvalue weighted by Crippen LogP contribution is 2.25. The van der Waals surface area contributed by atoms with Crippen molar-refractivity contribution in [3.05, 3.63) is 0 Å². The van der Waals surface area contributed by atoms with Gasteiger partial charge in [-0.3, -0.25) is 0 Å². The summed E-state index contributed by atoms with van der Waals surface area (Å²) in [7, 11) is 0. The van der Waals surface area contributed by atoms with E-state index in [1.165, 1.54) is 12.8 Å². The summed E-state index contributed by atoms with van der Waals surface area (Å²) in [5.41, 5.74) is 0. The van der Waals surface area contributed by atoms with Crippen LogP contribution in [-0.2, 0) is 0 Å². The van der Waals surface area contributed by atoms with Gasteiger partial charge in [0.1, 0.15) is 6.61 Å². The fourth-order valence-electron chi connectivity index (χ4n) is 2.34. The fraction of sp³-hybridized carbons (Fsp3) is 1.00. The second-order valence-electron chi connectivity index (χ2n) is 4.87. The van der Waals surface area contributed by atoms with Crippen molar-refractivity contribution in [3.8, 4) is 0 Å². The van der Waals surface area contributed by atoms with Crippen molar-refractivity contribution in [2.75, 3.05) is 13.2 Å². The molecule has 0 radical (unpaired) electrons. The quantitative estimate of drug-likeness (QED) is 0.718. The molecule has 2 nitrogen and oxygen atoms in total. The Morgan fingerprint density at radius 3 is 2.62 bits per heavy atom. The molecule has 2 N–H and O–H groups in total. The Morgan fingerprint density at radius 2 is 2.00 bits per heavy atom. The molecule has 0 aromatic heterocycles. The zero-order valence-corrected chi connectivity index (χ0v) is 10.0. The van der Waals surface area contributed by atoms with Crippen molar-refractivity contribution in [3.63, 3.8) is 0 Å². The monoisotopic (exact) mass is 235 g/mol. The van der Waals surface area contributed by atoms with Gasteiger partial charge in [0.2, 0.25) is 0 Å². The van der Waals surface area contributed by atoms with Gasteiger partial charge in [0.05, 0.1) is 6.54 Å². The van der Waals surface area contributed by atoms with E-state index in [4.69, 9.17) is 5.11 Å². The van der Waals surface area contributed by atoms with Gasteiger partial charge in [-0.2, -0.15) is 0 Å². The Morgan fingerprint density at radius 1 is 1.25 bits per heavy atom. The topological polar surface area (TPSA) is 32.3 Å². The fourth-order valence-corrected chi connectivity index (χ4v) is 2.34. The van der Waals surface area contributed by atoms with E-state index in [1.54, 1.807) is 0 Å². The predicted molar refractivity (Wildman–Crippen MR) is 60.7 cm³/mol. The summed E-state index contributed by atoms with van der Waals surface area (Å²) < 4.78 is 25.7. The van der Waals surface area contributed by atoms with Crippen LogP contribution in [0.4, 0.5) is 8.78 Å². The summed E-state index contributed by atoms with van der Waals surface area (Å²) in [5, 5.41) is 11.4. The van der Waals surface area contributed by atoms with Crippen LogP contribution >= 0.6 is 0 Å². The van der Waals surface area contributed by atoms with E-state index in [0.29, 0.717) is 0 Å². The Balaban J connectivity index is 2.27. The summed E-state index contributed by atoms with van der Waals surface area (Å²) in [6.07, 6.45) is 6.66. The first-order valence-electron chi connectivity index (χ1n) is 6.29. The number of nitrogens with one attached hydrogen (secondary N) is 1. The molecule has 1 aliphatic rings. The van der Waals surface area contributed by atoms with Crippen LogP contribution in [0.5, 0.6) is 0 Å². The third kappa shape index (κ3) is 4.74. The van der Waals surface area contributed by atoms with Crippen molar-refractivity contribution in [1.29, 1.82) is 0 Å². The van der Waals surface area contributed by atoms with Crippen molar-refractivity contribution >= 4 is 0 Å². The Hall–Kier alpha value is -0.220. The molecular weight excluding hydrogens is 212 g/mol. The summed E-state index contributed by atoms with van der Waals surface area (Å²) in [6.45, 7) is 0.730. The molecule has 4 heteroatoms. The molecule has 0 aromatic rings. The van der Waals surface area contributed by atoms with Crippen molar-refractivity contribution < 1.29 is 13.9 Å². The van der Waals surface area contributed by atoms with E-state index in [1.807, 2.05) is 0 Å². The first-order chi connectivity index (χ1) is 7.57. The number of hydrogen-bond donors (Lipinski definition) is 2. The molecule has 0 amide bonds. The zero-order chi connectivity index (χ0) is 12.0. The van der Waals surface area contributed by atoms with Crippen molar-refractivity contribution in [2.24, 2.45) is 5.92 Å². The van der Waals surface area contributed by atoms with E-state index in [-0.39, 0.29) is 6.04 Å². The van der Waals surface area contributed by atoms with Crippen LogP contribution in [0.2, 0.25) is 0 Å². The molecule has 0 bridgehead atoms. The zero-order valence-electron chi connectivity index (χ0n) is 10.0. The van der Waals surface area contributed by atoms with Gasteiger partial charge >= 0.3 is 0 Å². The SMILES string of the molecule is CCC1CCCC(NCC(F)(F)CO)CC1. The number of rotatable bonds is 5. The molecule has 1 saturated carbocycles. The van der Waals surface area contributed by atoms with E-state index in [0.717, 1.165) is 31.6 Å². The lowest BCUT2D eigenvalue weighted by molar-refractivity contribution is -0.0495. The largest absolute Gasteiger partial charge is 0.390 e. The summed E-state index contributed by atoms with van der Waals surface area (Å²) in [5.74, 6) is -2.21. The third-order valence-corrected chi connectivity index (χ3v) is 3.55. The normalized spacial score (nSPS) is 27.8.